The number of nitrogens with zero attached hydrogens (tertiary/aromatic N) is 1. The molecule has 0 spiro atoms. The Bertz CT molecular complexity index is 412. The third kappa shape index (κ3) is 4.37. The first-order valence-electron chi connectivity index (χ1n) is 5.82. The van der Waals surface area contributed by atoms with Gasteiger partial charge in [0.2, 0.25) is 0 Å². The van der Waals surface area contributed by atoms with Crippen LogP contribution >= 0.6 is 15.9 Å². The first-order chi connectivity index (χ1) is 8.56. The number of carbonyl (C=O) groups is 1. The lowest BCUT2D eigenvalue weighted by Gasteiger charge is -2.17. The van der Waals surface area contributed by atoms with Crippen LogP contribution in [0.15, 0.2) is 18.2 Å². The summed E-state index contributed by atoms with van der Waals surface area (Å²) >= 11 is 3.34. The van der Waals surface area contributed by atoms with Gasteiger partial charge in [-0.25, -0.2) is 8.78 Å². The quantitative estimate of drug-likeness (QED) is 0.579. The number of carbonyl (C=O) groups excluding carboxylic acids is 1. The van der Waals surface area contributed by atoms with Gasteiger partial charge in [-0.1, -0.05) is 22.4 Å². The summed E-state index contributed by atoms with van der Waals surface area (Å²) < 4.78 is 25.8. The SMILES string of the molecule is CN(CCCCCBr)C(=O)c1ccc(F)c(F)c1. The number of rotatable bonds is 6. The fraction of sp³-hybridized carbons (Fsp3) is 0.462. The molecule has 0 aromatic heterocycles. The Kier molecular flexibility index (Phi) is 6.25. The summed E-state index contributed by atoms with van der Waals surface area (Å²) in [5, 5.41) is 0.952. The molecule has 0 aliphatic carbocycles. The third-order valence-corrected chi connectivity index (χ3v) is 3.20. The third-order valence-electron chi connectivity index (χ3n) is 2.64. The van der Waals surface area contributed by atoms with Crippen molar-refractivity contribution in [3.8, 4) is 0 Å². The van der Waals surface area contributed by atoms with Crippen LogP contribution in [0, 0.1) is 11.6 Å². The van der Waals surface area contributed by atoms with Gasteiger partial charge in [0.05, 0.1) is 0 Å². The number of hydrogen-bond acceptors (Lipinski definition) is 1. The van der Waals surface area contributed by atoms with Crippen LogP contribution in [0.2, 0.25) is 0 Å². The summed E-state index contributed by atoms with van der Waals surface area (Å²) in [7, 11) is 1.66. The van der Waals surface area contributed by atoms with Gasteiger partial charge in [0.1, 0.15) is 0 Å². The largest absolute Gasteiger partial charge is 0.342 e. The molecule has 1 rings (SSSR count). The molecule has 0 N–H and O–H groups in total. The molecular weight excluding hydrogens is 304 g/mol. The molecule has 0 radical (unpaired) electrons. The molecule has 0 heterocycles. The van der Waals surface area contributed by atoms with E-state index in [1.807, 2.05) is 0 Å². The maximum Gasteiger partial charge on any atom is 0.253 e. The minimum atomic E-state index is -0.992. The second kappa shape index (κ2) is 7.46. The average molecular weight is 320 g/mol. The number of amides is 1. The summed E-state index contributed by atoms with van der Waals surface area (Å²) in [6.07, 6.45) is 2.99. The van der Waals surface area contributed by atoms with Gasteiger partial charge in [-0.3, -0.25) is 4.79 Å². The molecule has 0 saturated heterocycles. The van der Waals surface area contributed by atoms with Crippen molar-refractivity contribution in [2.24, 2.45) is 0 Å². The molecule has 18 heavy (non-hydrogen) atoms. The summed E-state index contributed by atoms with van der Waals surface area (Å²) in [5.41, 5.74) is 0.178. The number of halogens is 3. The Morgan fingerprint density at radius 3 is 2.56 bits per heavy atom. The smallest absolute Gasteiger partial charge is 0.253 e. The minimum absolute atomic E-state index is 0.178. The van der Waals surface area contributed by atoms with E-state index in [1.54, 1.807) is 7.05 Å². The van der Waals surface area contributed by atoms with E-state index >= 15 is 0 Å². The summed E-state index contributed by atoms with van der Waals surface area (Å²) in [5.74, 6) is -2.21. The fourth-order valence-electron chi connectivity index (χ4n) is 1.57. The number of benzene rings is 1. The predicted molar refractivity (Wildman–Crippen MR) is 71.0 cm³/mol. The Balaban J connectivity index is 2.54. The van der Waals surface area contributed by atoms with E-state index in [0.29, 0.717) is 6.54 Å². The standard InChI is InChI=1S/C13H16BrF2NO/c1-17(8-4-2-3-7-14)13(18)10-5-6-11(15)12(16)9-10/h5-6,9H,2-4,7-8H2,1H3. The van der Waals surface area contributed by atoms with Gasteiger partial charge in [-0.05, 0) is 31.0 Å². The van der Waals surface area contributed by atoms with E-state index in [0.717, 1.165) is 36.7 Å². The molecule has 0 aliphatic rings. The van der Waals surface area contributed by atoms with Crippen LogP contribution in [0.5, 0.6) is 0 Å². The molecule has 0 aliphatic heterocycles. The molecule has 1 amide bonds. The predicted octanol–water partition coefficient (Wildman–Crippen LogP) is 3.60. The molecule has 0 fully saturated rings. The molecular formula is C13H16BrF2NO. The van der Waals surface area contributed by atoms with E-state index in [4.69, 9.17) is 0 Å². The maximum absolute atomic E-state index is 13.0. The highest BCUT2D eigenvalue weighted by Gasteiger charge is 2.13. The van der Waals surface area contributed by atoms with Crippen LogP contribution < -0.4 is 0 Å². The normalized spacial score (nSPS) is 10.4. The summed E-state index contributed by atoms with van der Waals surface area (Å²) in [6.45, 7) is 0.616. The van der Waals surface area contributed by atoms with Crippen molar-refractivity contribution in [1.29, 1.82) is 0 Å². The summed E-state index contributed by atoms with van der Waals surface area (Å²) in [6, 6.07) is 3.21. The van der Waals surface area contributed by atoms with Crippen molar-refractivity contribution in [2.45, 2.75) is 19.3 Å². The van der Waals surface area contributed by atoms with Crippen molar-refractivity contribution >= 4 is 21.8 Å². The number of unbranched alkanes of at least 4 members (excludes halogenated alkanes) is 2. The van der Waals surface area contributed by atoms with E-state index in [1.165, 1.54) is 11.0 Å². The number of hydrogen-bond donors (Lipinski definition) is 0. The molecule has 0 atom stereocenters. The lowest BCUT2D eigenvalue weighted by atomic mass is 10.2. The fourth-order valence-corrected chi connectivity index (χ4v) is 1.97. The van der Waals surface area contributed by atoms with Crippen LogP contribution in [-0.4, -0.2) is 29.7 Å². The highest BCUT2D eigenvalue weighted by Crippen LogP contribution is 2.11. The molecule has 100 valence electrons. The second-order valence-corrected chi connectivity index (χ2v) is 4.90. The van der Waals surface area contributed by atoms with Crippen LogP contribution in [0.4, 0.5) is 8.78 Å². The second-order valence-electron chi connectivity index (χ2n) is 4.11. The zero-order valence-corrected chi connectivity index (χ0v) is 11.8. The van der Waals surface area contributed by atoms with Gasteiger partial charge in [0, 0.05) is 24.5 Å². The van der Waals surface area contributed by atoms with Gasteiger partial charge in [-0.15, -0.1) is 0 Å². The van der Waals surface area contributed by atoms with Crippen molar-refractivity contribution in [2.75, 3.05) is 18.9 Å². The Morgan fingerprint density at radius 2 is 1.94 bits per heavy atom. The monoisotopic (exact) mass is 319 g/mol. The lowest BCUT2D eigenvalue weighted by molar-refractivity contribution is 0.0792. The van der Waals surface area contributed by atoms with Crippen LogP contribution in [0.1, 0.15) is 29.6 Å². The minimum Gasteiger partial charge on any atom is -0.342 e. The number of alkyl halides is 1. The zero-order chi connectivity index (χ0) is 13.5. The molecule has 1 aromatic rings. The molecule has 2 nitrogen and oxygen atoms in total. The van der Waals surface area contributed by atoms with Gasteiger partial charge >= 0.3 is 0 Å². The van der Waals surface area contributed by atoms with E-state index in [-0.39, 0.29) is 11.5 Å². The maximum atomic E-state index is 13.0. The van der Waals surface area contributed by atoms with Gasteiger partial charge < -0.3 is 4.90 Å². The zero-order valence-electron chi connectivity index (χ0n) is 10.3. The molecule has 0 bridgehead atoms. The highest BCUT2D eigenvalue weighted by atomic mass is 79.9. The molecule has 5 heteroatoms. The van der Waals surface area contributed by atoms with Gasteiger partial charge in [0.15, 0.2) is 11.6 Å². The van der Waals surface area contributed by atoms with Crippen molar-refractivity contribution < 1.29 is 13.6 Å². The average Bonchev–Trinajstić information content (AvgIpc) is 2.37. The van der Waals surface area contributed by atoms with Crippen molar-refractivity contribution in [1.82, 2.24) is 4.90 Å². The Hall–Kier alpha value is -0.970. The van der Waals surface area contributed by atoms with Crippen molar-refractivity contribution in [3.05, 3.63) is 35.4 Å². The first kappa shape index (κ1) is 15.1. The van der Waals surface area contributed by atoms with E-state index in [9.17, 15) is 13.6 Å². The van der Waals surface area contributed by atoms with Crippen LogP contribution in [0.3, 0.4) is 0 Å². The van der Waals surface area contributed by atoms with E-state index < -0.39 is 11.6 Å². The molecule has 0 unspecified atom stereocenters. The topological polar surface area (TPSA) is 20.3 Å². The Labute approximate surface area is 114 Å². The first-order valence-corrected chi connectivity index (χ1v) is 6.95. The van der Waals surface area contributed by atoms with Gasteiger partial charge in [0.25, 0.3) is 5.91 Å². The van der Waals surface area contributed by atoms with Crippen molar-refractivity contribution in [3.63, 3.8) is 0 Å². The van der Waals surface area contributed by atoms with Gasteiger partial charge in [-0.2, -0.15) is 0 Å². The summed E-state index contributed by atoms with van der Waals surface area (Å²) in [4.78, 5) is 13.4. The lowest BCUT2D eigenvalue weighted by Crippen LogP contribution is -2.27. The molecule has 0 saturated carbocycles. The highest BCUT2D eigenvalue weighted by molar-refractivity contribution is 9.09. The van der Waals surface area contributed by atoms with Crippen LogP contribution in [0.25, 0.3) is 0 Å². The van der Waals surface area contributed by atoms with E-state index in [2.05, 4.69) is 15.9 Å². The molecule has 1 aromatic carbocycles. The Morgan fingerprint density at radius 1 is 1.22 bits per heavy atom. The van der Waals surface area contributed by atoms with Crippen LogP contribution in [-0.2, 0) is 0 Å².